The molecule has 8 nitrogen and oxygen atoms in total. The van der Waals surface area contributed by atoms with E-state index < -0.39 is 17.4 Å². The smallest absolute Gasteiger partial charge is 0.340 e. The van der Waals surface area contributed by atoms with Crippen LogP contribution in [0.1, 0.15) is 12.0 Å². The van der Waals surface area contributed by atoms with Crippen molar-refractivity contribution in [2.45, 2.75) is 24.0 Å². The van der Waals surface area contributed by atoms with Crippen molar-refractivity contribution in [1.29, 1.82) is 0 Å². The summed E-state index contributed by atoms with van der Waals surface area (Å²) in [5, 5.41) is 12.8. The number of rotatable bonds is 3. The summed E-state index contributed by atoms with van der Waals surface area (Å²) in [6, 6.07) is 5.80. The van der Waals surface area contributed by atoms with Crippen LogP contribution in [0.4, 0.5) is 5.69 Å². The lowest BCUT2D eigenvalue weighted by Crippen LogP contribution is -2.61. The monoisotopic (exact) mass is 385 g/mol. The summed E-state index contributed by atoms with van der Waals surface area (Å²) in [6.45, 7) is 1.35. The fourth-order valence-electron chi connectivity index (χ4n) is 4.45. The molecule has 2 fully saturated rings. The summed E-state index contributed by atoms with van der Waals surface area (Å²) in [4.78, 5) is 34.1. The van der Waals surface area contributed by atoms with Gasteiger partial charge in [-0.3, -0.25) is 9.69 Å². The van der Waals surface area contributed by atoms with Crippen molar-refractivity contribution in [1.82, 2.24) is 20.2 Å². The number of nitrogens with one attached hydrogen (secondary N) is 2. The molecule has 0 spiro atoms. The van der Waals surface area contributed by atoms with Gasteiger partial charge in [0.2, 0.25) is 5.54 Å². The number of amides is 1. The topological polar surface area (TPSA) is 97.8 Å². The van der Waals surface area contributed by atoms with E-state index in [1.54, 1.807) is 23.2 Å². The minimum absolute atomic E-state index is 0.0664. The first-order valence-electron chi connectivity index (χ1n) is 8.83. The third-order valence-electron chi connectivity index (χ3n) is 5.90. The number of carboxylic acids is 1. The van der Waals surface area contributed by atoms with Crippen molar-refractivity contribution in [2.24, 2.45) is 0 Å². The number of hydrogen-bond donors (Lipinski definition) is 3. The normalized spacial score (nSPS) is 29.0. The van der Waals surface area contributed by atoms with Crippen molar-refractivity contribution >= 4 is 28.9 Å². The molecule has 2 bridgehead atoms. The number of hydrogen-bond acceptors (Lipinski definition) is 7. The van der Waals surface area contributed by atoms with E-state index in [1.165, 1.54) is 11.3 Å². The third-order valence-corrected chi connectivity index (χ3v) is 6.73. The number of carbonyl (C=O) groups excluding carboxylic acids is 1. The average Bonchev–Trinajstić information content (AvgIpc) is 3.42. The van der Waals surface area contributed by atoms with E-state index in [2.05, 4.69) is 20.7 Å². The molecule has 3 aliphatic heterocycles. The lowest BCUT2D eigenvalue weighted by Gasteiger charge is -2.36. The third kappa shape index (κ3) is 2.25. The van der Waals surface area contributed by atoms with Crippen molar-refractivity contribution in [2.75, 3.05) is 25.6 Å². The summed E-state index contributed by atoms with van der Waals surface area (Å²) in [5.41, 5.74) is 5.69. The SMILES string of the molecule is CN1C[C@@H]2C[C@H]1CN2C(=O)C1(C(=O)O)NNc2ccc(-c3nccs3)cc21. The number of aliphatic carboxylic acids is 1. The molecule has 1 aromatic heterocycles. The second-order valence-electron chi connectivity index (χ2n) is 7.34. The number of hydrazine groups is 1. The standard InChI is InChI=1S/C18H19N5O3S/c1-22-8-12-7-11(22)9-23(12)16(24)18(17(25)26)13-6-10(15-19-4-5-27-15)2-3-14(13)20-21-18/h2-6,11-12,20-21H,7-9H2,1H3,(H,25,26)/t11-,12-,18?/m0/s1. The van der Waals surface area contributed by atoms with Crippen LogP contribution in [-0.2, 0) is 15.1 Å². The minimum atomic E-state index is -1.83. The molecule has 140 valence electrons. The highest BCUT2D eigenvalue weighted by atomic mass is 32.1. The van der Waals surface area contributed by atoms with Crippen molar-refractivity contribution in [3.63, 3.8) is 0 Å². The molecular weight excluding hydrogens is 366 g/mol. The van der Waals surface area contributed by atoms with Crippen LogP contribution in [0.15, 0.2) is 29.8 Å². The maximum Gasteiger partial charge on any atom is 0.340 e. The van der Waals surface area contributed by atoms with Gasteiger partial charge in [0.15, 0.2) is 0 Å². The van der Waals surface area contributed by atoms with E-state index in [0.717, 1.165) is 23.5 Å². The van der Waals surface area contributed by atoms with E-state index in [1.807, 2.05) is 18.5 Å². The van der Waals surface area contributed by atoms with Crippen LogP contribution in [0.5, 0.6) is 0 Å². The molecule has 3 N–H and O–H groups in total. The maximum atomic E-state index is 13.5. The Hall–Kier alpha value is -2.49. The fourth-order valence-corrected chi connectivity index (χ4v) is 5.09. The molecule has 0 radical (unpaired) electrons. The van der Waals surface area contributed by atoms with Crippen molar-refractivity contribution in [3.05, 3.63) is 35.3 Å². The lowest BCUT2D eigenvalue weighted by molar-refractivity contribution is -0.156. The van der Waals surface area contributed by atoms with Crippen molar-refractivity contribution in [3.8, 4) is 10.6 Å². The van der Waals surface area contributed by atoms with Crippen LogP contribution in [0.2, 0.25) is 0 Å². The Morgan fingerprint density at radius 2 is 2.19 bits per heavy atom. The van der Waals surface area contributed by atoms with Gasteiger partial charge in [0.25, 0.3) is 5.91 Å². The predicted molar refractivity (Wildman–Crippen MR) is 100 cm³/mol. The van der Waals surface area contributed by atoms with E-state index >= 15 is 0 Å². The Morgan fingerprint density at radius 3 is 2.81 bits per heavy atom. The molecule has 5 rings (SSSR count). The fraction of sp³-hybridized carbons (Fsp3) is 0.389. The van der Waals surface area contributed by atoms with Crippen LogP contribution in [-0.4, -0.2) is 64.0 Å². The highest BCUT2D eigenvalue weighted by molar-refractivity contribution is 7.13. The van der Waals surface area contributed by atoms with Gasteiger partial charge in [-0.1, -0.05) is 0 Å². The number of aromatic nitrogens is 1. The van der Waals surface area contributed by atoms with E-state index in [-0.39, 0.29) is 6.04 Å². The van der Waals surface area contributed by atoms with E-state index in [0.29, 0.717) is 23.8 Å². The number of piperazine rings is 1. The summed E-state index contributed by atoms with van der Waals surface area (Å²) < 4.78 is 0. The molecule has 27 heavy (non-hydrogen) atoms. The lowest BCUT2D eigenvalue weighted by atomic mass is 9.87. The number of carbonyl (C=O) groups is 2. The Bertz CT molecular complexity index is 931. The summed E-state index contributed by atoms with van der Waals surface area (Å²) >= 11 is 1.47. The van der Waals surface area contributed by atoms with Crippen LogP contribution in [0.25, 0.3) is 10.6 Å². The van der Waals surface area contributed by atoms with E-state index in [9.17, 15) is 14.7 Å². The zero-order valence-corrected chi connectivity index (χ0v) is 15.5. The first kappa shape index (κ1) is 16.7. The zero-order valence-electron chi connectivity index (χ0n) is 14.7. The molecule has 3 aliphatic rings. The molecule has 4 heterocycles. The minimum Gasteiger partial charge on any atom is -0.479 e. The van der Waals surface area contributed by atoms with Crippen molar-refractivity contribution < 1.29 is 14.7 Å². The first-order chi connectivity index (χ1) is 13.0. The summed E-state index contributed by atoms with van der Waals surface area (Å²) in [7, 11) is 2.05. The number of carboxylic acid groups (broad SMARTS) is 1. The highest BCUT2D eigenvalue weighted by Crippen LogP contribution is 2.41. The first-order valence-corrected chi connectivity index (χ1v) is 9.71. The molecule has 1 unspecified atom stereocenters. The number of nitrogens with zero attached hydrogens (tertiary/aromatic N) is 3. The molecular formula is C18H19N5O3S. The number of likely N-dealkylation sites (N-methyl/N-ethyl adjacent to an activating group) is 1. The number of thiazole rings is 1. The Morgan fingerprint density at radius 1 is 1.33 bits per heavy atom. The second-order valence-corrected chi connectivity index (χ2v) is 8.24. The largest absolute Gasteiger partial charge is 0.479 e. The average molecular weight is 385 g/mol. The Labute approximate surface area is 159 Å². The molecule has 2 aromatic rings. The molecule has 1 amide bonds. The van der Waals surface area contributed by atoms with Gasteiger partial charge < -0.3 is 15.4 Å². The molecule has 3 atom stereocenters. The van der Waals surface area contributed by atoms with Gasteiger partial charge in [-0.15, -0.1) is 11.3 Å². The highest BCUT2D eigenvalue weighted by Gasteiger charge is 2.58. The van der Waals surface area contributed by atoms with Gasteiger partial charge in [-0.25, -0.2) is 15.2 Å². The molecule has 1 aromatic carbocycles. The van der Waals surface area contributed by atoms with Gasteiger partial charge in [0.05, 0.1) is 5.69 Å². The van der Waals surface area contributed by atoms with Crippen LogP contribution < -0.4 is 10.9 Å². The number of fused-ring (bicyclic) bond motifs is 3. The zero-order chi connectivity index (χ0) is 18.8. The molecule has 0 saturated carbocycles. The molecule has 0 aliphatic carbocycles. The maximum absolute atomic E-state index is 13.5. The molecule has 9 heteroatoms. The van der Waals surface area contributed by atoms with Gasteiger partial charge in [0.1, 0.15) is 5.01 Å². The van der Waals surface area contributed by atoms with E-state index in [4.69, 9.17) is 0 Å². The van der Waals surface area contributed by atoms with Crippen LogP contribution in [0.3, 0.4) is 0 Å². The Kier molecular flexibility index (Phi) is 3.55. The summed E-state index contributed by atoms with van der Waals surface area (Å²) in [5.74, 6) is -1.61. The van der Waals surface area contributed by atoms with Gasteiger partial charge in [-0.05, 0) is 31.7 Å². The van der Waals surface area contributed by atoms with Crippen LogP contribution >= 0.6 is 11.3 Å². The summed E-state index contributed by atoms with van der Waals surface area (Å²) in [6.07, 6.45) is 2.61. The predicted octanol–water partition coefficient (Wildman–Crippen LogP) is 0.935. The van der Waals surface area contributed by atoms with Gasteiger partial charge in [-0.2, -0.15) is 0 Å². The Balaban J connectivity index is 1.57. The number of anilines is 1. The molecule has 2 saturated heterocycles. The van der Waals surface area contributed by atoms with Gasteiger partial charge >= 0.3 is 5.97 Å². The van der Waals surface area contributed by atoms with Gasteiger partial charge in [0, 0.05) is 47.9 Å². The number of likely N-dealkylation sites (tertiary alicyclic amines) is 2. The van der Waals surface area contributed by atoms with Crippen LogP contribution in [0, 0.1) is 0 Å². The number of benzene rings is 1. The quantitative estimate of drug-likeness (QED) is 0.677. The second kappa shape index (κ2) is 5.75.